The number of hydrogen-bond acceptors (Lipinski definition) is 2. The van der Waals surface area contributed by atoms with Gasteiger partial charge in [-0.3, -0.25) is 0 Å². The normalized spacial score (nSPS) is 18.8. The molecule has 16 heavy (non-hydrogen) atoms. The molecule has 0 aliphatic heterocycles. The molecule has 1 aliphatic rings. The number of hydrogen-bond donors (Lipinski definition) is 1. The lowest BCUT2D eigenvalue weighted by molar-refractivity contribution is 0.368. The lowest BCUT2D eigenvalue weighted by Crippen LogP contribution is -2.34. The van der Waals surface area contributed by atoms with Crippen LogP contribution >= 0.6 is 0 Å². The van der Waals surface area contributed by atoms with Gasteiger partial charge in [-0.15, -0.1) is 0 Å². The second kappa shape index (κ2) is 4.06. The predicted molar refractivity (Wildman–Crippen MR) is 62.0 cm³/mol. The summed E-state index contributed by atoms with van der Waals surface area (Å²) in [5.41, 5.74) is 7.39. The van der Waals surface area contributed by atoms with Gasteiger partial charge in [-0.25, -0.2) is 4.39 Å². The van der Waals surface area contributed by atoms with Crippen LogP contribution < -0.4 is 10.5 Å². The van der Waals surface area contributed by atoms with Crippen LogP contribution in [0.3, 0.4) is 0 Å². The third-order valence-electron chi connectivity index (χ3n) is 3.44. The molecular weight excluding hydrogens is 205 g/mol. The Labute approximate surface area is 95.6 Å². The highest BCUT2D eigenvalue weighted by molar-refractivity contribution is 5.40. The molecule has 2 rings (SSSR count). The number of benzene rings is 1. The number of rotatable bonds is 2. The summed E-state index contributed by atoms with van der Waals surface area (Å²) in [6, 6.07) is 3.56. The molecule has 0 spiro atoms. The van der Waals surface area contributed by atoms with E-state index in [1.54, 1.807) is 6.07 Å². The van der Waals surface area contributed by atoms with Crippen molar-refractivity contribution in [1.82, 2.24) is 0 Å². The average molecular weight is 223 g/mol. The molecule has 0 atom stereocenters. The Kier molecular flexibility index (Phi) is 2.89. The minimum absolute atomic E-state index is 0.294. The second-order valence-electron chi connectivity index (χ2n) is 4.69. The summed E-state index contributed by atoms with van der Waals surface area (Å²) in [5, 5.41) is 0. The molecule has 0 saturated heterocycles. The Morgan fingerprint density at radius 2 is 1.94 bits per heavy atom. The van der Waals surface area contributed by atoms with E-state index in [1.807, 2.05) is 13.0 Å². The van der Waals surface area contributed by atoms with Crippen molar-refractivity contribution in [2.24, 2.45) is 5.73 Å². The Balaban J connectivity index is 2.51. The highest BCUT2D eigenvalue weighted by Crippen LogP contribution is 2.39. The molecule has 0 radical (unpaired) electrons. The maximum absolute atomic E-state index is 14.1. The van der Waals surface area contributed by atoms with Gasteiger partial charge in [0.25, 0.3) is 0 Å². The van der Waals surface area contributed by atoms with Crippen LogP contribution in [0.5, 0.6) is 5.75 Å². The summed E-state index contributed by atoms with van der Waals surface area (Å²) in [4.78, 5) is 0. The third-order valence-corrected chi connectivity index (χ3v) is 3.44. The first-order valence-corrected chi connectivity index (χ1v) is 5.70. The minimum Gasteiger partial charge on any atom is -0.494 e. The standard InChI is InChI=1S/C13H18FNO/c1-9-7-10(12(14)11(8-9)16-2)13(15)5-3-4-6-13/h7-8H,3-6,15H2,1-2H3. The molecule has 3 heteroatoms. The molecule has 1 aliphatic carbocycles. The lowest BCUT2D eigenvalue weighted by atomic mass is 9.88. The molecule has 0 heterocycles. The van der Waals surface area contributed by atoms with Crippen molar-refractivity contribution in [3.63, 3.8) is 0 Å². The molecule has 1 saturated carbocycles. The van der Waals surface area contributed by atoms with Gasteiger partial charge in [-0.1, -0.05) is 18.9 Å². The zero-order valence-corrected chi connectivity index (χ0v) is 9.85. The minimum atomic E-state index is -0.497. The number of ether oxygens (including phenoxy) is 1. The van der Waals surface area contributed by atoms with Crippen molar-refractivity contribution in [3.8, 4) is 5.75 Å². The van der Waals surface area contributed by atoms with Gasteiger partial charge >= 0.3 is 0 Å². The van der Waals surface area contributed by atoms with Gasteiger partial charge in [-0.05, 0) is 31.4 Å². The largest absolute Gasteiger partial charge is 0.494 e. The maximum atomic E-state index is 14.1. The van der Waals surface area contributed by atoms with E-state index in [0.717, 1.165) is 31.2 Å². The van der Waals surface area contributed by atoms with Crippen LogP contribution in [0.1, 0.15) is 36.8 Å². The Morgan fingerprint density at radius 3 is 2.50 bits per heavy atom. The summed E-state index contributed by atoms with van der Waals surface area (Å²) in [7, 11) is 1.49. The van der Waals surface area contributed by atoms with Gasteiger partial charge in [-0.2, -0.15) is 0 Å². The topological polar surface area (TPSA) is 35.2 Å². The van der Waals surface area contributed by atoms with E-state index in [2.05, 4.69) is 0 Å². The maximum Gasteiger partial charge on any atom is 0.170 e. The fourth-order valence-electron chi connectivity index (χ4n) is 2.52. The van der Waals surface area contributed by atoms with E-state index in [-0.39, 0.29) is 5.82 Å². The number of halogens is 1. The predicted octanol–water partition coefficient (Wildman–Crippen LogP) is 2.87. The van der Waals surface area contributed by atoms with E-state index >= 15 is 0 Å². The van der Waals surface area contributed by atoms with Crippen LogP contribution in [-0.2, 0) is 5.54 Å². The van der Waals surface area contributed by atoms with E-state index in [0.29, 0.717) is 11.3 Å². The van der Waals surface area contributed by atoms with E-state index in [4.69, 9.17) is 10.5 Å². The van der Waals surface area contributed by atoms with Crippen LogP contribution in [-0.4, -0.2) is 7.11 Å². The Bertz CT molecular complexity index is 397. The SMILES string of the molecule is COc1cc(C)cc(C2(N)CCCC2)c1F. The third kappa shape index (κ3) is 1.80. The van der Waals surface area contributed by atoms with Gasteiger partial charge in [0.05, 0.1) is 7.11 Å². The summed E-state index contributed by atoms with van der Waals surface area (Å²) in [6.45, 7) is 1.93. The smallest absolute Gasteiger partial charge is 0.170 e. The number of nitrogens with two attached hydrogens (primary N) is 1. The van der Waals surface area contributed by atoms with E-state index < -0.39 is 5.54 Å². The van der Waals surface area contributed by atoms with Crippen LogP contribution in [0.2, 0.25) is 0 Å². The number of aryl methyl sites for hydroxylation is 1. The molecule has 0 bridgehead atoms. The van der Waals surface area contributed by atoms with Gasteiger partial charge in [0.15, 0.2) is 11.6 Å². The van der Waals surface area contributed by atoms with Crippen molar-refractivity contribution in [1.29, 1.82) is 0 Å². The fourth-order valence-corrected chi connectivity index (χ4v) is 2.52. The van der Waals surface area contributed by atoms with Crippen LogP contribution in [0.25, 0.3) is 0 Å². The molecule has 1 aromatic rings. The van der Waals surface area contributed by atoms with Crippen molar-refractivity contribution in [2.75, 3.05) is 7.11 Å². The van der Waals surface area contributed by atoms with Gasteiger partial charge < -0.3 is 10.5 Å². The molecule has 1 aromatic carbocycles. The van der Waals surface area contributed by atoms with Crippen molar-refractivity contribution >= 4 is 0 Å². The molecule has 0 amide bonds. The quantitative estimate of drug-likeness (QED) is 0.836. The Morgan fingerprint density at radius 1 is 1.31 bits per heavy atom. The van der Waals surface area contributed by atoms with Crippen molar-refractivity contribution in [3.05, 3.63) is 29.1 Å². The van der Waals surface area contributed by atoms with Crippen LogP contribution in [0, 0.1) is 12.7 Å². The first kappa shape index (κ1) is 11.4. The molecule has 0 aromatic heterocycles. The molecule has 0 unspecified atom stereocenters. The molecule has 2 nitrogen and oxygen atoms in total. The molecule has 1 fully saturated rings. The highest BCUT2D eigenvalue weighted by atomic mass is 19.1. The van der Waals surface area contributed by atoms with Crippen LogP contribution in [0.4, 0.5) is 4.39 Å². The first-order chi connectivity index (χ1) is 7.57. The zero-order valence-electron chi connectivity index (χ0n) is 9.85. The Hall–Kier alpha value is -1.09. The van der Waals surface area contributed by atoms with Gasteiger partial charge in [0.2, 0.25) is 0 Å². The summed E-state index contributed by atoms with van der Waals surface area (Å²) in [5.74, 6) is 0.00391. The van der Waals surface area contributed by atoms with Gasteiger partial charge in [0.1, 0.15) is 0 Å². The summed E-state index contributed by atoms with van der Waals surface area (Å²) < 4.78 is 19.2. The molecule has 88 valence electrons. The fraction of sp³-hybridized carbons (Fsp3) is 0.538. The highest BCUT2D eigenvalue weighted by Gasteiger charge is 2.34. The molecule has 2 N–H and O–H groups in total. The monoisotopic (exact) mass is 223 g/mol. The second-order valence-corrected chi connectivity index (χ2v) is 4.69. The average Bonchev–Trinajstić information content (AvgIpc) is 2.69. The van der Waals surface area contributed by atoms with Crippen LogP contribution in [0.15, 0.2) is 12.1 Å². The lowest BCUT2D eigenvalue weighted by Gasteiger charge is -2.25. The van der Waals surface area contributed by atoms with Crippen molar-refractivity contribution < 1.29 is 9.13 Å². The first-order valence-electron chi connectivity index (χ1n) is 5.70. The molecular formula is C13H18FNO. The summed E-state index contributed by atoms with van der Waals surface area (Å²) in [6.07, 6.45) is 3.87. The van der Waals surface area contributed by atoms with E-state index in [9.17, 15) is 4.39 Å². The van der Waals surface area contributed by atoms with Crippen molar-refractivity contribution in [2.45, 2.75) is 38.1 Å². The van der Waals surface area contributed by atoms with Gasteiger partial charge in [0, 0.05) is 11.1 Å². The van der Waals surface area contributed by atoms with E-state index in [1.165, 1.54) is 7.11 Å². The zero-order chi connectivity index (χ0) is 11.8. The number of methoxy groups -OCH3 is 1. The summed E-state index contributed by atoms with van der Waals surface area (Å²) >= 11 is 0.